The highest BCUT2D eigenvalue weighted by molar-refractivity contribution is 6.58. The van der Waals surface area contributed by atoms with Crippen LogP contribution < -0.4 is 10.2 Å². The molecule has 1 aliphatic heterocycles. The summed E-state index contributed by atoms with van der Waals surface area (Å²) in [5.41, 5.74) is 1.54. The Bertz CT molecular complexity index is 404. The van der Waals surface area contributed by atoms with Crippen molar-refractivity contribution in [1.29, 1.82) is 0 Å². The Morgan fingerprint density at radius 2 is 1.84 bits per heavy atom. The molecule has 4 nitrogen and oxygen atoms in total. The van der Waals surface area contributed by atoms with E-state index in [1.807, 2.05) is 12.1 Å². The number of nitrogens with zero attached hydrogens (tertiary/aromatic N) is 1. The van der Waals surface area contributed by atoms with Crippen LogP contribution in [-0.2, 0) is 6.54 Å². The van der Waals surface area contributed by atoms with Gasteiger partial charge in [-0.05, 0) is 37.5 Å². The molecule has 1 saturated heterocycles. The van der Waals surface area contributed by atoms with Gasteiger partial charge in [0, 0.05) is 12.1 Å². The maximum absolute atomic E-state index is 9.26. The molecule has 1 aliphatic rings. The summed E-state index contributed by atoms with van der Waals surface area (Å²) in [7, 11) is 0.227. The minimum absolute atomic E-state index is 0.519. The Kier molecular flexibility index (Phi) is 5.25. The van der Waals surface area contributed by atoms with Crippen LogP contribution in [-0.4, -0.2) is 42.3 Å². The van der Waals surface area contributed by atoms with E-state index < -0.39 is 7.12 Å². The van der Waals surface area contributed by atoms with Gasteiger partial charge in [-0.25, -0.2) is 0 Å². The fourth-order valence-corrected chi connectivity index (χ4v) is 2.62. The molecule has 0 bridgehead atoms. The lowest BCUT2D eigenvalue weighted by Gasteiger charge is -2.21. The first kappa shape index (κ1) is 14.4. The van der Waals surface area contributed by atoms with Crippen LogP contribution >= 0.6 is 0 Å². The maximum Gasteiger partial charge on any atom is 0.488 e. The number of hydrogen-bond acceptors (Lipinski definition) is 4. The predicted octanol–water partition coefficient (Wildman–Crippen LogP) is 0.751. The molecule has 1 fully saturated rings. The lowest BCUT2D eigenvalue weighted by molar-refractivity contribution is 0.271. The molecule has 0 unspecified atom stereocenters. The molecule has 0 aliphatic carbocycles. The zero-order valence-electron chi connectivity index (χ0n) is 11.5. The van der Waals surface area contributed by atoms with Crippen molar-refractivity contribution in [3.05, 3.63) is 23.8 Å². The zero-order valence-corrected chi connectivity index (χ0v) is 11.5. The average Bonchev–Trinajstić information content (AvgIpc) is 2.67. The largest absolute Gasteiger partial charge is 0.496 e. The molecule has 1 aromatic rings. The average molecular weight is 263 g/mol. The van der Waals surface area contributed by atoms with E-state index in [0.29, 0.717) is 5.46 Å². The Morgan fingerprint density at radius 1 is 1.16 bits per heavy atom. The molecule has 1 heterocycles. The van der Waals surface area contributed by atoms with Crippen molar-refractivity contribution < 1.29 is 14.8 Å². The highest BCUT2D eigenvalue weighted by Crippen LogP contribution is 2.20. The summed E-state index contributed by atoms with van der Waals surface area (Å²) in [5, 5.41) is 18.5. The van der Waals surface area contributed by atoms with Crippen molar-refractivity contribution in [3.63, 3.8) is 0 Å². The second kappa shape index (κ2) is 6.94. The third kappa shape index (κ3) is 3.96. The van der Waals surface area contributed by atoms with Crippen LogP contribution in [0, 0.1) is 0 Å². The Morgan fingerprint density at radius 3 is 2.42 bits per heavy atom. The van der Waals surface area contributed by atoms with Crippen LogP contribution in [0.25, 0.3) is 0 Å². The van der Waals surface area contributed by atoms with E-state index in [2.05, 4.69) is 4.90 Å². The summed E-state index contributed by atoms with van der Waals surface area (Å²) >= 11 is 0. The van der Waals surface area contributed by atoms with Gasteiger partial charge in [-0.15, -0.1) is 0 Å². The number of rotatable bonds is 4. The van der Waals surface area contributed by atoms with Gasteiger partial charge in [0.1, 0.15) is 5.75 Å². The first-order valence-electron chi connectivity index (χ1n) is 6.96. The molecule has 0 spiro atoms. The third-order valence-electron chi connectivity index (χ3n) is 3.70. The van der Waals surface area contributed by atoms with Gasteiger partial charge in [-0.3, -0.25) is 4.90 Å². The van der Waals surface area contributed by atoms with Crippen LogP contribution in [0.3, 0.4) is 0 Å². The molecule has 0 saturated carbocycles. The van der Waals surface area contributed by atoms with Gasteiger partial charge in [0.05, 0.1) is 7.11 Å². The van der Waals surface area contributed by atoms with Crippen molar-refractivity contribution in [2.24, 2.45) is 0 Å². The number of methoxy groups -OCH3 is 1. The highest BCUT2D eigenvalue weighted by Gasteiger charge is 2.16. The van der Waals surface area contributed by atoms with E-state index >= 15 is 0 Å². The number of ether oxygens (including phenoxy) is 1. The Hall–Kier alpha value is -1.04. The van der Waals surface area contributed by atoms with Crippen LogP contribution in [0.15, 0.2) is 18.2 Å². The SMILES string of the molecule is COc1ccc(B(O)O)cc1CN1CCCCCC1. The van der Waals surface area contributed by atoms with Crippen molar-refractivity contribution in [2.45, 2.75) is 32.2 Å². The number of likely N-dealkylation sites (tertiary alicyclic amines) is 1. The summed E-state index contributed by atoms with van der Waals surface area (Å²) in [5.74, 6) is 0.814. The Labute approximate surface area is 115 Å². The number of benzene rings is 1. The van der Waals surface area contributed by atoms with Gasteiger partial charge >= 0.3 is 7.12 Å². The molecule has 2 rings (SSSR count). The van der Waals surface area contributed by atoms with Crippen molar-refractivity contribution in [1.82, 2.24) is 4.90 Å². The molecule has 0 amide bonds. The quantitative estimate of drug-likeness (QED) is 0.787. The predicted molar refractivity (Wildman–Crippen MR) is 76.6 cm³/mol. The first-order valence-corrected chi connectivity index (χ1v) is 6.96. The first-order chi connectivity index (χ1) is 9.20. The van der Waals surface area contributed by atoms with Gasteiger partial charge in [-0.1, -0.05) is 25.0 Å². The highest BCUT2D eigenvalue weighted by atomic mass is 16.5. The maximum atomic E-state index is 9.26. The summed E-state index contributed by atoms with van der Waals surface area (Å²) in [6.07, 6.45) is 5.10. The third-order valence-corrected chi connectivity index (χ3v) is 3.70. The summed E-state index contributed by atoms with van der Waals surface area (Å²) < 4.78 is 5.36. The van der Waals surface area contributed by atoms with Crippen molar-refractivity contribution in [2.75, 3.05) is 20.2 Å². The summed E-state index contributed by atoms with van der Waals surface area (Å²) in [6.45, 7) is 3.02. The van der Waals surface area contributed by atoms with Gasteiger partial charge in [0.25, 0.3) is 0 Å². The Balaban J connectivity index is 2.14. The van der Waals surface area contributed by atoms with Crippen LogP contribution in [0.1, 0.15) is 31.2 Å². The summed E-state index contributed by atoms with van der Waals surface area (Å²) in [6, 6.07) is 5.33. The van der Waals surface area contributed by atoms with Gasteiger partial charge in [0.2, 0.25) is 0 Å². The molecule has 104 valence electrons. The van der Waals surface area contributed by atoms with Crippen LogP contribution in [0.5, 0.6) is 5.75 Å². The molecule has 0 aromatic heterocycles. The molecule has 0 radical (unpaired) electrons. The smallest absolute Gasteiger partial charge is 0.488 e. The lowest BCUT2D eigenvalue weighted by atomic mass is 9.79. The molecule has 1 aromatic carbocycles. The van der Waals surface area contributed by atoms with E-state index in [0.717, 1.165) is 30.9 Å². The van der Waals surface area contributed by atoms with E-state index in [1.54, 1.807) is 13.2 Å². The lowest BCUT2D eigenvalue weighted by Crippen LogP contribution is -2.31. The van der Waals surface area contributed by atoms with Gasteiger partial charge < -0.3 is 14.8 Å². The normalized spacial score (nSPS) is 17.0. The number of hydrogen-bond donors (Lipinski definition) is 2. The second-order valence-electron chi connectivity index (χ2n) is 5.14. The van der Waals surface area contributed by atoms with Crippen molar-refractivity contribution in [3.8, 4) is 5.75 Å². The molecule has 5 heteroatoms. The van der Waals surface area contributed by atoms with Crippen LogP contribution in [0.4, 0.5) is 0 Å². The topological polar surface area (TPSA) is 52.9 Å². The fourth-order valence-electron chi connectivity index (χ4n) is 2.62. The van der Waals surface area contributed by atoms with Gasteiger partial charge in [-0.2, -0.15) is 0 Å². The monoisotopic (exact) mass is 263 g/mol. The molecule has 2 N–H and O–H groups in total. The van der Waals surface area contributed by atoms with Crippen LogP contribution in [0.2, 0.25) is 0 Å². The minimum atomic E-state index is -1.42. The van der Waals surface area contributed by atoms with E-state index in [1.165, 1.54) is 25.7 Å². The fraction of sp³-hybridized carbons (Fsp3) is 0.571. The molecular formula is C14H22BNO3. The summed E-state index contributed by atoms with van der Waals surface area (Å²) in [4.78, 5) is 2.42. The molecule has 19 heavy (non-hydrogen) atoms. The van der Waals surface area contributed by atoms with Gasteiger partial charge in [0.15, 0.2) is 0 Å². The van der Waals surface area contributed by atoms with E-state index in [-0.39, 0.29) is 0 Å². The second-order valence-corrected chi connectivity index (χ2v) is 5.14. The van der Waals surface area contributed by atoms with E-state index in [4.69, 9.17) is 4.74 Å². The van der Waals surface area contributed by atoms with E-state index in [9.17, 15) is 10.0 Å². The van der Waals surface area contributed by atoms with Crippen molar-refractivity contribution >= 4 is 12.6 Å². The zero-order chi connectivity index (χ0) is 13.7. The molecular weight excluding hydrogens is 241 g/mol. The minimum Gasteiger partial charge on any atom is -0.496 e. The molecule has 0 atom stereocenters. The standard InChI is InChI=1S/C14H22BNO3/c1-19-14-7-6-13(15(17)18)10-12(14)11-16-8-4-2-3-5-9-16/h6-7,10,17-18H,2-5,8-9,11H2,1H3.